The highest BCUT2D eigenvalue weighted by Gasteiger charge is 2.05. The maximum Gasteiger partial charge on any atom is 0.0521 e. The highest BCUT2D eigenvalue weighted by atomic mass is 15.3. The molecule has 11 heavy (non-hydrogen) atoms. The summed E-state index contributed by atoms with van der Waals surface area (Å²) in [5.74, 6) is 0. The Hall–Kier alpha value is -0.830. The zero-order valence-corrected chi connectivity index (χ0v) is 7.33. The monoisotopic (exact) mass is 153 g/mol. The van der Waals surface area contributed by atoms with Crippen molar-refractivity contribution in [1.29, 1.82) is 0 Å². The normalized spacial score (nSPS) is 13.5. The third kappa shape index (κ3) is 1.80. The van der Waals surface area contributed by atoms with Gasteiger partial charge in [0.15, 0.2) is 0 Å². The van der Waals surface area contributed by atoms with Gasteiger partial charge < -0.3 is 5.73 Å². The molecule has 2 N–H and O–H groups in total. The van der Waals surface area contributed by atoms with Gasteiger partial charge in [0.25, 0.3) is 0 Å². The van der Waals surface area contributed by atoms with Crippen LogP contribution >= 0.6 is 0 Å². The van der Waals surface area contributed by atoms with Crippen LogP contribution in [0.3, 0.4) is 0 Å². The predicted molar refractivity (Wildman–Crippen MR) is 45.3 cm³/mol. The number of aryl methyl sites for hydroxylation is 2. The van der Waals surface area contributed by atoms with E-state index in [1.54, 1.807) is 0 Å². The summed E-state index contributed by atoms with van der Waals surface area (Å²) in [6, 6.07) is 0.212. The van der Waals surface area contributed by atoms with E-state index < -0.39 is 0 Å². The van der Waals surface area contributed by atoms with Crippen molar-refractivity contribution in [2.75, 3.05) is 0 Å². The zero-order valence-electron chi connectivity index (χ0n) is 7.33. The maximum atomic E-state index is 5.68. The van der Waals surface area contributed by atoms with Crippen LogP contribution in [0, 0.1) is 6.92 Å². The minimum atomic E-state index is 0.212. The molecule has 0 fully saturated rings. The predicted octanol–water partition coefficient (Wildman–Crippen LogP) is 0.618. The molecular weight excluding hydrogens is 138 g/mol. The van der Waals surface area contributed by atoms with Gasteiger partial charge in [0.05, 0.1) is 6.20 Å². The molecule has 0 aliphatic rings. The lowest BCUT2D eigenvalue weighted by molar-refractivity contribution is 0.648. The minimum Gasteiger partial charge on any atom is -0.328 e. The number of hydrogen-bond donors (Lipinski definition) is 1. The first-order valence-corrected chi connectivity index (χ1v) is 3.84. The Balaban J connectivity index is 2.83. The number of aromatic nitrogens is 2. The van der Waals surface area contributed by atoms with Crippen LogP contribution < -0.4 is 5.73 Å². The van der Waals surface area contributed by atoms with Gasteiger partial charge in [-0.25, -0.2) is 0 Å². The van der Waals surface area contributed by atoms with Gasteiger partial charge in [-0.3, -0.25) is 4.68 Å². The van der Waals surface area contributed by atoms with E-state index in [1.807, 2.05) is 24.9 Å². The van der Waals surface area contributed by atoms with Crippen molar-refractivity contribution in [3.63, 3.8) is 0 Å². The van der Waals surface area contributed by atoms with Gasteiger partial charge in [0, 0.05) is 25.2 Å². The first kappa shape index (κ1) is 8.27. The first-order chi connectivity index (χ1) is 5.11. The van der Waals surface area contributed by atoms with E-state index in [0.29, 0.717) is 0 Å². The summed E-state index contributed by atoms with van der Waals surface area (Å²) in [7, 11) is 1.95. The molecule has 1 rings (SSSR count). The van der Waals surface area contributed by atoms with Crippen molar-refractivity contribution in [3.8, 4) is 0 Å². The van der Waals surface area contributed by atoms with Crippen molar-refractivity contribution >= 4 is 0 Å². The topological polar surface area (TPSA) is 43.8 Å². The SMILES string of the molecule is Cc1cnn(C)c1C[C@H](C)N. The average molecular weight is 153 g/mol. The van der Waals surface area contributed by atoms with E-state index in [9.17, 15) is 0 Å². The van der Waals surface area contributed by atoms with Gasteiger partial charge in [0.1, 0.15) is 0 Å². The van der Waals surface area contributed by atoms with Crippen molar-refractivity contribution < 1.29 is 0 Å². The second-order valence-electron chi connectivity index (χ2n) is 3.08. The van der Waals surface area contributed by atoms with E-state index in [2.05, 4.69) is 12.0 Å². The van der Waals surface area contributed by atoms with Gasteiger partial charge in [-0.1, -0.05) is 0 Å². The maximum absolute atomic E-state index is 5.68. The molecule has 0 aliphatic carbocycles. The molecule has 0 aromatic carbocycles. The smallest absolute Gasteiger partial charge is 0.0521 e. The molecule has 3 heteroatoms. The molecule has 62 valence electrons. The van der Waals surface area contributed by atoms with E-state index in [4.69, 9.17) is 5.73 Å². The molecule has 1 heterocycles. The van der Waals surface area contributed by atoms with Crippen LogP contribution in [0.25, 0.3) is 0 Å². The lowest BCUT2D eigenvalue weighted by Gasteiger charge is -2.06. The molecule has 0 amide bonds. The molecular formula is C8H15N3. The van der Waals surface area contributed by atoms with Crippen LogP contribution in [0.4, 0.5) is 0 Å². The Bertz CT molecular complexity index is 218. The standard InChI is InChI=1S/C8H15N3/c1-6-5-10-11(3)8(6)4-7(2)9/h5,7H,4,9H2,1-3H3/t7-/m0/s1. The molecule has 1 atom stereocenters. The van der Waals surface area contributed by atoms with Crippen LogP contribution in [-0.4, -0.2) is 15.8 Å². The molecule has 3 nitrogen and oxygen atoms in total. The Morgan fingerprint density at radius 3 is 2.73 bits per heavy atom. The van der Waals surface area contributed by atoms with E-state index in [-0.39, 0.29) is 6.04 Å². The fourth-order valence-electron chi connectivity index (χ4n) is 1.17. The highest BCUT2D eigenvalue weighted by molar-refractivity contribution is 5.16. The molecule has 1 aromatic heterocycles. The Morgan fingerprint density at radius 2 is 2.36 bits per heavy atom. The van der Waals surface area contributed by atoms with Crippen molar-refractivity contribution in [2.24, 2.45) is 12.8 Å². The number of hydrogen-bond acceptors (Lipinski definition) is 2. The van der Waals surface area contributed by atoms with E-state index in [0.717, 1.165) is 6.42 Å². The first-order valence-electron chi connectivity index (χ1n) is 3.84. The Morgan fingerprint density at radius 1 is 1.73 bits per heavy atom. The van der Waals surface area contributed by atoms with Gasteiger partial charge in [-0.05, 0) is 19.4 Å². The molecule has 0 radical (unpaired) electrons. The quantitative estimate of drug-likeness (QED) is 0.676. The van der Waals surface area contributed by atoms with Gasteiger partial charge in [-0.2, -0.15) is 5.10 Å². The molecule has 0 saturated carbocycles. The molecule has 0 saturated heterocycles. The largest absolute Gasteiger partial charge is 0.328 e. The Kier molecular flexibility index (Phi) is 2.29. The van der Waals surface area contributed by atoms with Crippen LogP contribution in [0.15, 0.2) is 6.20 Å². The minimum absolute atomic E-state index is 0.212. The summed E-state index contributed by atoms with van der Waals surface area (Å²) in [4.78, 5) is 0. The average Bonchev–Trinajstić information content (AvgIpc) is 2.18. The van der Waals surface area contributed by atoms with Crippen LogP contribution in [-0.2, 0) is 13.5 Å². The van der Waals surface area contributed by atoms with Crippen LogP contribution in [0.2, 0.25) is 0 Å². The fraction of sp³-hybridized carbons (Fsp3) is 0.625. The summed E-state index contributed by atoms with van der Waals surface area (Å²) < 4.78 is 1.89. The highest BCUT2D eigenvalue weighted by Crippen LogP contribution is 2.06. The molecule has 0 spiro atoms. The number of nitrogens with two attached hydrogens (primary N) is 1. The third-order valence-electron chi connectivity index (χ3n) is 1.79. The fourth-order valence-corrected chi connectivity index (χ4v) is 1.17. The zero-order chi connectivity index (χ0) is 8.43. The number of rotatable bonds is 2. The summed E-state index contributed by atoms with van der Waals surface area (Å²) >= 11 is 0. The number of nitrogens with zero attached hydrogens (tertiary/aromatic N) is 2. The molecule has 1 aromatic rings. The second kappa shape index (κ2) is 3.05. The third-order valence-corrected chi connectivity index (χ3v) is 1.79. The summed E-state index contributed by atoms with van der Waals surface area (Å²) in [5.41, 5.74) is 8.14. The lowest BCUT2D eigenvalue weighted by Crippen LogP contribution is -2.20. The van der Waals surface area contributed by atoms with Gasteiger partial charge in [-0.15, -0.1) is 0 Å². The van der Waals surface area contributed by atoms with Gasteiger partial charge >= 0.3 is 0 Å². The summed E-state index contributed by atoms with van der Waals surface area (Å²) in [5, 5.41) is 4.13. The molecule has 0 bridgehead atoms. The molecule has 0 unspecified atom stereocenters. The molecule has 0 aliphatic heterocycles. The second-order valence-corrected chi connectivity index (χ2v) is 3.08. The van der Waals surface area contributed by atoms with Crippen molar-refractivity contribution in [1.82, 2.24) is 9.78 Å². The van der Waals surface area contributed by atoms with Gasteiger partial charge in [0.2, 0.25) is 0 Å². The van der Waals surface area contributed by atoms with Crippen LogP contribution in [0.1, 0.15) is 18.2 Å². The Labute approximate surface area is 67.2 Å². The summed E-state index contributed by atoms with van der Waals surface area (Å²) in [6.07, 6.45) is 2.78. The summed E-state index contributed by atoms with van der Waals surface area (Å²) in [6.45, 7) is 4.07. The van der Waals surface area contributed by atoms with E-state index in [1.165, 1.54) is 11.3 Å². The van der Waals surface area contributed by atoms with Crippen molar-refractivity contribution in [2.45, 2.75) is 26.3 Å². The van der Waals surface area contributed by atoms with Crippen molar-refractivity contribution in [3.05, 3.63) is 17.5 Å². The van der Waals surface area contributed by atoms with Crippen LogP contribution in [0.5, 0.6) is 0 Å². The lowest BCUT2D eigenvalue weighted by atomic mass is 10.1. The van der Waals surface area contributed by atoms with E-state index >= 15 is 0 Å².